The molecule has 0 amide bonds. The number of hydrazine groups is 1. The van der Waals surface area contributed by atoms with Crippen LogP contribution in [0.25, 0.3) is 5.95 Å². The molecule has 0 aliphatic rings. The van der Waals surface area contributed by atoms with Gasteiger partial charge in [-0.15, -0.1) is 0 Å². The third-order valence-electron chi connectivity index (χ3n) is 2.46. The van der Waals surface area contributed by atoms with E-state index in [9.17, 15) is 5.11 Å². The average molecular weight is 279 g/mol. The van der Waals surface area contributed by atoms with Crippen molar-refractivity contribution in [2.75, 3.05) is 17.3 Å². The van der Waals surface area contributed by atoms with Crippen molar-refractivity contribution in [3.8, 4) is 5.95 Å². The van der Waals surface area contributed by atoms with E-state index in [0.717, 1.165) is 6.42 Å². The summed E-state index contributed by atoms with van der Waals surface area (Å²) in [5.41, 5.74) is 2.37. The van der Waals surface area contributed by atoms with E-state index in [1.54, 1.807) is 6.92 Å². The number of nitrogens with zero attached hydrogens (tertiary/aromatic N) is 6. The largest absolute Gasteiger partial charge is 0.393 e. The fourth-order valence-corrected chi connectivity index (χ4v) is 1.52. The van der Waals surface area contributed by atoms with Crippen molar-refractivity contribution in [2.45, 2.75) is 25.9 Å². The van der Waals surface area contributed by atoms with Crippen LogP contribution in [0.3, 0.4) is 0 Å². The Morgan fingerprint density at radius 1 is 1.35 bits per heavy atom. The number of nitrogens with one attached hydrogen (secondary N) is 2. The number of nitrogen functional groups attached to an aromatic ring is 1. The van der Waals surface area contributed by atoms with E-state index >= 15 is 0 Å². The van der Waals surface area contributed by atoms with Gasteiger partial charge in [-0.05, 0) is 19.8 Å². The Bertz CT molecular complexity index is 528. The number of hydrogen-bond donors (Lipinski definition) is 4. The van der Waals surface area contributed by atoms with Crippen LogP contribution in [-0.2, 0) is 0 Å². The molecule has 5 N–H and O–H groups in total. The van der Waals surface area contributed by atoms with E-state index in [2.05, 4.69) is 35.8 Å². The zero-order chi connectivity index (χ0) is 14.4. The van der Waals surface area contributed by atoms with Crippen LogP contribution in [0.2, 0.25) is 0 Å². The molecule has 0 aliphatic heterocycles. The lowest BCUT2D eigenvalue weighted by Crippen LogP contribution is -2.16. The second-order valence-electron chi connectivity index (χ2n) is 4.19. The zero-order valence-electron chi connectivity index (χ0n) is 11.1. The number of rotatable bonds is 7. The van der Waals surface area contributed by atoms with E-state index < -0.39 is 0 Å². The summed E-state index contributed by atoms with van der Waals surface area (Å²) in [6.45, 7) is 2.39. The van der Waals surface area contributed by atoms with Crippen molar-refractivity contribution in [3.05, 3.63) is 12.7 Å². The number of aliphatic hydroxyl groups is 1. The summed E-state index contributed by atoms with van der Waals surface area (Å²) in [5.74, 6) is 6.24. The first-order valence-corrected chi connectivity index (χ1v) is 6.18. The van der Waals surface area contributed by atoms with E-state index in [-0.39, 0.29) is 12.1 Å². The van der Waals surface area contributed by atoms with Crippen LogP contribution in [0.5, 0.6) is 0 Å². The highest BCUT2D eigenvalue weighted by atomic mass is 16.3. The van der Waals surface area contributed by atoms with Crippen molar-refractivity contribution in [1.82, 2.24) is 29.7 Å². The molecule has 0 radical (unpaired) electrons. The third-order valence-corrected chi connectivity index (χ3v) is 2.46. The van der Waals surface area contributed by atoms with Gasteiger partial charge in [0.2, 0.25) is 11.9 Å². The summed E-state index contributed by atoms with van der Waals surface area (Å²) in [6, 6.07) is 0. The highest BCUT2D eigenvalue weighted by Crippen LogP contribution is 2.07. The molecule has 0 saturated heterocycles. The van der Waals surface area contributed by atoms with Crippen molar-refractivity contribution in [1.29, 1.82) is 0 Å². The highest BCUT2D eigenvalue weighted by Gasteiger charge is 2.08. The minimum absolute atomic E-state index is 0.225. The molecule has 0 spiro atoms. The first kappa shape index (κ1) is 14.1. The predicted molar refractivity (Wildman–Crippen MR) is 72.0 cm³/mol. The van der Waals surface area contributed by atoms with Gasteiger partial charge in [-0.25, -0.2) is 10.8 Å². The summed E-state index contributed by atoms with van der Waals surface area (Å²) in [6.07, 6.45) is 4.05. The Hall–Kier alpha value is -2.33. The van der Waals surface area contributed by atoms with Crippen LogP contribution in [0, 0.1) is 0 Å². The van der Waals surface area contributed by atoms with Gasteiger partial charge in [0, 0.05) is 6.54 Å². The molecule has 0 aliphatic carbocycles. The molecule has 10 heteroatoms. The van der Waals surface area contributed by atoms with Gasteiger partial charge in [-0.3, -0.25) is 5.43 Å². The number of aliphatic hydroxyl groups excluding tert-OH is 1. The summed E-state index contributed by atoms with van der Waals surface area (Å²) < 4.78 is 1.41. The molecule has 0 aromatic carbocycles. The van der Waals surface area contributed by atoms with E-state index in [1.165, 1.54) is 17.3 Å². The highest BCUT2D eigenvalue weighted by molar-refractivity contribution is 5.36. The Morgan fingerprint density at radius 3 is 2.80 bits per heavy atom. The van der Waals surface area contributed by atoms with Crippen LogP contribution in [0.4, 0.5) is 11.9 Å². The monoisotopic (exact) mass is 279 g/mol. The zero-order valence-corrected chi connectivity index (χ0v) is 11.1. The molecule has 2 aromatic rings. The molecular weight excluding hydrogens is 262 g/mol. The SMILES string of the molecule is CC(O)CCCNc1nc(NN)nc(-n2cncn2)n1. The van der Waals surface area contributed by atoms with E-state index in [4.69, 9.17) is 5.84 Å². The molecule has 2 rings (SSSR count). The van der Waals surface area contributed by atoms with Crippen molar-refractivity contribution >= 4 is 11.9 Å². The Balaban J connectivity index is 2.06. The molecule has 0 bridgehead atoms. The number of aromatic nitrogens is 6. The van der Waals surface area contributed by atoms with Gasteiger partial charge in [-0.1, -0.05) is 0 Å². The average Bonchev–Trinajstić information content (AvgIpc) is 2.97. The van der Waals surface area contributed by atoms with Crippen molar-refractivity contribution in [2.24, 2.45) is 5.84 Å². The fraction of sp³-hybridized carbons (Fsp3) is 0.500. The van der Waals surface area contributed by atoms with Gasteiger partial charge in [0.1, 0.15) is 12.7 Å². The number of hydrogen-bond acceptors (Lipinski definition) is 9. The van der Waals surface area contributed by atoms with Crippen LogP contribution in [0.1, 0.15) is 19.8 Å². The fourth-order valence-electron chi connectivity index (χ4n) is 1.52. The maximum Gasteiger partial charge on any atom is 0.258 e. The molecule has 2 heterocycles. The van der Waals surface area contributed by atoms with Crippen LogP contribution < -0.4 is 16.6 Å². The molecule has 1 unspecified atom stereocenters. The van der Waals surface area contributed by atoms with Crippen LogP contribution >= 0.6 is 0 Å². The smallest absolute Gasteiger partial charge is 0.258 e. The predicted octanol–water partition coefficient (Wildman–Crippen LogP) is -0.689. The standard InChI is InChI=1S/C10H17N9O/c1-7(20)3-2-4-13-8-15-9(18-11)17-10(16-8)19-6-12-5-14-19/h5-7,20H,2-4,11H2,1H3,(H2,13,15,16,17,18). The Morgan fingerprint density at radius 2 is 2.15 bits per heavy atom. The first-order valence-electron chi connectivity index (χ1n) is 6.18. The molecule has 0 fully saturated rings. The van der Waals surface area contributed by atoms with Crippen molar-refractivity contribution in [3.63, 3.8) is 0 Å². The number of anilines is 2. The Kier molecular flexibility index (Phi) is 4.74. The summed E-state index contributed by atoms with van der Waals surface area (Å²) in [7, 11) is 0. The summed E-state index contributed by atoms with van der Waals surface area (Å²) in [4.78, 5) is 16.2. The lowest BCUT2D eigenvalue weighted by molar-refractivity contribution is 0.183. The normalized spacial score (nSPS) is 12.2. The molecular formula is C10H17N9O. The van der Waals surface area contributed by atoms with Gasteiger partial charge in [0.15, 0.2) is 0 Å². The summed E-state index contributed by atoms with van der Waals surface area (Å²) in [5, 5.41) is 16.2. The lowest BCUT2D eigenvalue weighted by Gasteiger charge is -2.08. The van der Waals surface area contributed by atoms with Crippen LogP contribution in [-0.4, -0.2) is 47.5 Å². The van der Waals surface area contributed by atoms with Gasteiger partial charge < -0.3 is 10.4 Å². The molecule has 108 valence electrons. The lowest BCUT2D eigenvalue weighted by atomic mass is 10.2. The Labute approximate surface area is 115 Å². The van der Waals surface area contributed by atoms with Gasteiger partial charge >= 0.3 is 0 Å². The number of nitrogens with two attached hydrogens (primary N) is 1. The first-order chi connectivity index (χ1) is 9.69. The van der Waals surface area contributed by atoms with E-state index in [1.807, 2.05) is 0 Å². The van der Waals surface area contributed by atoms with Crippen molar-refractivity contribution < 1.29 is 5.11 Å². The van der Waals surface area contributed by atoms with Gasteiger partial charge in [-0.2, -0.15) is 24.7 Å². The maximum absolute atomic E-state index is 9.19. The van der Waals surface area contributed by atoms with E-state index in [0.29, 0.717) is 24.9 Å². The molecule has 2 aromatic heterocycles. The second-order valence-corrected chi connectivity index (χ2v) is 4.19. The minimum Gasteiger partial charge on any atom is -0.393 e. The molecule has 20 heavy (non-hydrogen) atoms. The summed E-state index contributed by atoms with van der Waals surface area (Å²) >= 11 is 0. The molecule has 10 nitrogen and oxygen atoms in total. The molecule has 0 saturated carbocycles. The topological polar surface area (TPSA) is 140 Å². The van der Waals surface area contributed by atoms with Crippen LogP contribution in [0.15, 0.2) is 12.7 Å². The third kappa shape index (κ3) is 3.83. The van der Waals surface area contributed by atoms with Gasteiger partial charge in [0.25, 0.3) is 5.95 Å². The van der Waals surface area contributed by atoms with Gasteiger partial charge in [0.05, 0.1) is 6.10 Å². The molecule has 1 atom stereocenters. The quantitative estimate of drug-likeness (QED) is 0.294. The minimum atomic E-state index is -0.317. The second kappa shape index (κ2) is 6.73. The maximum atomic E-state index is 9.19.